The van der Waals surface area contributed by atoms with Gasteiger partial charge in [0.05, 0.1) is 4.90 Å². The maximum Gasteiger partial charge on any atom is 0.255 e. The molecule has 0 saturated carbocycles. The first-order chi connectivity index (χ1) is 12.5. The van der Waals surface area contributed by atoms with Crippen LogP contribution in [0.1, 0.15) is 17.3 Å². The molecule has 0 bridgehead atoms. The van der Waals surface area contributed by atoms with E-state index in [-0.39, 0.29) is 10.8 Å². The monoisotopic (exact) mass is 374 g/mol. The average molecular weight is 374 g/mol. The van der Waals surface area contributed by atoms with Crippen LogP contribution in [-0.4, -0.2) is 61.2 Å². The Hall–Kier alpha value is -2.29. The zero-order valence-corrected chi connectivity index (χ0v) is 15.4. The smallest absolute Gasteiger partial charge is 0.255 e. The van der Waals surface area contributed by atoms with Gasteiger partial charge in [0.1, 0.15) is 0 Å². The Morgan fingerprint density at radius 1 is 1.04 bits per heavy atom. The van der Waals surface area contributed by atoms with Gasteiger partial charge < -0.3 is 10.2 Å². The predicted octanol–water partition coefficient (Wildman–Crippen LogP) is 1.66. The summed E-state index contributed by atoms with van der Waals surface area (Å²) in [5.41, 5.74) is 1.03. The van der Waals surface area contributed by atoms with Gasteiger partial charge in [-0.05, 0) is 42.9 Å². The maximum absolute atomic E-state index is 12.8. The SMILES string of the molecule is CCN1CCN(S(=O)(=O)c2ccc(NC(=O)c3ccncc3)cc2)CC1. The van der Waals surface area contributed by atoms with Crippen LogP contribution in [0.5, 0.6) is 0 Å². The van der Waals surface area contributed by atoms with Gasteiger partial charge >= 0.3 is 0 Å². The molecule has 2 heterocycles. The maximum atomic E-state index is 12.8. The number of amides is 1. The number of aromatic nitrogens is 1. The van der Waals surface area contributed by atoms with Crippen molar-refractivity contribution in [2.24, 2.45) is 0 Å². The Balaban J connectivity index is 1.68. The highest BCUT2D eigenvalue weighted by Crippen LogP contribution is 2.20. The van der Waals surface area contributed by atoms with Crippen LogP contribution >= 0.6 is 0 Å². The molecule has 0 atom stereocenters. The van der Waals surface area contributed by atoms with Crippen LogP contribution < -0.4 is 5.32 Å². The molecule has 7 nitrogen and oxygen atoms in total. The average Bonchev–Trinajstić information content (AvgIpc) is 2.69. The summed E-state index contributed by atoms with van der Waals surface area (Å²) in [5, 5.41) is 2.75. The number of benzene rings is 1. The normalized spacial score (nSPS) is 16.3. The summed E-state index contributed by atoms with van der Waals surface area (Å²) >= 11 is 0. The lowest BCUT2D eigenvalue weighted by molar-refractivity contribution is 0.102. The molecule has 1 saturated heterocycles. The second-order valence-electron chi connectivity index (χ2n) is 6.05. The summed E-state index contributed by atoms with van der Waals surface area (Å²) in [6.45, 7) is 5.49. The molecule has 8 heteroatoms. The number of likely N-dealkylation sites (N-methyl/N-ethyl adjacent to an activating group) is 1. The van der Waals surface area contributed by atoms with Gasteiger partial charge in [-0.2, -0.15) is 4.31 Å². The van der Waals surface area contributed by atoms with Gasteiger partial charge in [-0.25, -0.2) is 8.42 Å². The zero-order chi connectivity index (χ0) is 18.6. The third-order valence-electron chi connectivity index (χ3n) is 4.47. The van der Waals surface area contributed by atoms with Crippen LogP contribution in [0.25, 0.3) is 0 Å². The fourth-order valence-corrected chi connectivity index (χ4v) is 4.27. The molecule has 1 aromatic heterocycles. The van der Waals surface area contributed by atoms with Crippen LogP contribution in [0.3, 0.4) is 0 Å². The minimum Gasteiger partial charge on any atom is -0.322 e. The Kier molecular flexibility index (Phi) is 5.65. The molecule has 1 fully saturated rings. The quantitative estimate of drug-likeness (QED) is 0.861. The van der Waals surface area contributed by atoms with Crippen molar-refractivity contribution >= 4 is 21.6 Å². The number of carbonyl (C=O) groups excluding carboxylic acids is 1. The fraction of sp³-hybridized carbons (Fsp3) is 0.333. The third kappa shape index (κ3) is 4.09. The van der Waals surface area contributed by atoms with Crippen LogP contribution in [0, 0.1) is 0 Å². The topological polar surface area (TPSA) is 82.6 Å². The minimum absolute atomic E-state index is 0.240. The molecule has 0 spiro atoms. The molecule has 1 aliphatic rings. The molecule has 138 valence electrons. The second-order valence-corrected chi connectivity index (χ2v) is 7.99. The summed E-state index contributed by atoms with van der Waals surface area (Å²) < 4.78 is 27.0. The summed E-state index contributed by atoms with van der Waals surface area (Å²) in [7, 11) is -3.51. The van der Waals surface area contributed by atoms with Crippen molar-refractivity contribution in [1.29, 1.82) is 0 Å². The first-order valence-electron chi connectivity index (χ1n) is 8.54. The van der Waals surface area contributed by atoms with Crippen molar-refractivity contribution in [2.45, 2.75) is 11.8 Å². The highest BCUT2D eigenvalue weighted by molar-refractivity contribution is 7.89. The predicted molar refractivity (Wildman–Crippen MR) is 99.5 cm³/mol. The van der Waals surface area contributed by atoms with Gasteiger partial charge in [0.25, 0.3) is 5.91 Å². The molecule has 1 amide bonds. The summed E-state index contributed by atoms with van der Waals surface area (Å²) in [5.74, 6) is -0.265. The van der Waals surface area contributed by atoms with E-state index in [4.69, 9.17) is 0 Å². The number of anilines is 1. The van der Waals surface area contributed by atoms with Crippen LogP contribution in [-0.2, 0) is 10.0 Å². The van der Waals surface area contributed by atoms with Crippen molar-refractivity contribution in [3.63, 3.8) is 0 Å². The molecule has 0 aliphatic carbocycles. The van der Waals surface area contributed by atoms with Crippen molar-refractivity contribution in [1.82, 2.24) is 14.2 Å². The number of pyridine rings is 1. The Morgan fingerprint density at radius 3 is 2.23 bits per heavy atom. The summed E-state index contributed by atoms with van der Waals surface area (Å²) in [4.78, 5) is 18.5. The van der Waals surface area contributed by atoms with E-state index in [1.54, 1.807) is 36.7 Å². The van der Waals surface area contributed by atoms with Crippen molar-refractivity contribution in [2.75, 3.05) is 38.0 Å². The van der Waals surface area contributed by atoms with E-state index >= 15 is 0 Å². The standard InChI is InChI=1S/C18H22N4O3S/c1-2-21-11-13-22(14-12-21)26(24,25)17-5-3-16(4-6-17)20-18(23)15-7-9-19-10-8-15/h3-10H,2,11-14H2,1H3,(H,20,23). The lowest BCUT2D eigenvalue weighted by Gasteiger charge is -2.33. The van der Waals surface area contributed by atoms with Crippen molar-refractivity contribution < 1.29 is 13.2 Å². The molecular weight excluding hydrogens is 352 g/mol. The van der Waals surface area contributed by atoms with Crippen molar-refractivity contribution in [3.8, 4) is 0 Å². The minimum atomic E-state index is -3.51. The Morgan fingerprint density at radius 2 is 1.65 bits per heavy atom. The lowest BCUT2D eigenvalue weighted by Crippen LogP contribution is -2.48. The van der Waals surface area contributed by atoms with Gasteiger partial charge in [-0.3, -0.25) is 9.78 Å². The Bertz CT molecular complexity index is 846. The van der Waals surface area contributed by atoms with Gasteiger partial charge in [-0.15, -0.1) is 0 Å². The lowest BCUT2D eigenvalue weighted by atomic mass is 10.2. The highest BCUT2D eigenvalue weighted by atomic mass is 32.2. The molecule has 1 aromatic carbocycles. The van der Waals surface area contributed by atoms with Crippen LogP contribution in [0.4, 0.5) is 5.69 Å². The fourth-order valence-electron chi connectivity index (χ4n) is 2.85. The van der Waals surface area contributed by atoms with Gasteiger partial charge in [0, 0.05) is 49.8 Å². The molecule has 0 radical (unpaired) electrons. The second kappa shape index (κ2) is 7.94. The number of nitrogens with zero attached hydrogens (tertiary/aromatic N) is 3. The zero-order valence-electron chi connectivity index (χ0n) is 14.6. The van der Waals surface area contributed by atoms with E-state index in [9.17, 15) is 13.2 Å². The number of carbonyl (C=O) groups is 1. The molecule has 1 N–H and O–H groups in total. The van der Waals surface area contributed by atoms with E-state index in [2.05, 4.69) is 22.1 Å². The van der Waals surface area contributed by atoms with E-state index in [1.165, 1.54) is 16.4 Å². The van der Waals surface area contributed by atoms with Crippen molar-refractivity contribution in [3.05, 3.63) is 54.4 Å². The molecule has 3 rings (SSSR count). The molecule has 2 aromatic rings. The van der Waals surface area contributed by atoms with Gasteiger partial charge in [0.15, 0.2) is 0 Å². The largest absolute Gasteiger partial charge is 0.322 e. The van der Waals surface area contributed by atoms with Gasteiger partial charge in [0.2, 0.25) is 10.0 Å². The molecule has 0 unspecified atom stereocenters. The number of hydrogen-bond acceptors (Lipinski definition) is 5. The first kappa shape index (κ1) is 18.5. The Labute approximate surface area is 153 Å². The van der Waals surface area contributed by atoms with Gasteiger partial charge in [-0.1, -0.05) is 6.92 Å². The molecule has 26 heavy (non-hydrogen) atoms. The summed E-state index contributed by atoms with van der Waals surface area (Å²) in [6, 6.07) is 9.50. The van der Waals surface area contributed by atoms with E-state index in [0.717, 1.165) is 19.6 Å². The molecule has 1 aliphatic heterocycles. The number of sulfonamides is 1. The number of piperazine rings is 1. The summed E-state index contributed by atoms with van der Waals surface area (Å²) in [6.07, 6.45) is 3.09. The van der Waals surface area contributed by atoms with E-state index in [1.807, 2.05) is 0 Å². The third-order valence-corrected chi connectivity index (χ3v) is 6.38. The van der Waals surface area contributed by atoms with E-state index < -0.39 is 10.0 Å². The molecular formula is C18H22N4O3S. The highest BCUT2D eigenvalue weighted by Gasteiger charge is 2.27. The first-order valence-corrected chi connectivity index (χ1v) is 9.98. The number of hydrogen-bond donors (Lipinski definition) is 1. The van der Waals surface area contributed by atoms with Crippen LogP contribution in [0.2, 0.25) is 0 Å². The van der Waals surface area contributed by atoms with E-state index in [0.29, 0.717) is 24.3 Å². The number of nitrogens with one attached hydrogen (secondary N) is 1. The number of rotatable bonds is 5. The van der Waals surface area contributed by atoms with Crippen LogP contribution in [0.15, 0.2) is 53.7 Å².